The van der Waals surface area contributed by atoms with Crippen molar-refractivity contribution in [1.82, 2.24) is 0 Å². The number of nitrogens with one attached hydrogen (secondary N) is 1. The first-order valence-electron chi connectivity index (χ1n) is 5.88. The van der Waals surface area contributed by atoms with Crippen LogP contribution < -0.4 is 10.1 Å². The molecule has 0 spiro atoms. The second-order valence-corrected chi connectivity index (χ2v) is 4.38. The Morgan fingerprint density at radius 2 is 2.21 bits per heavy atom. The predicted octanol–water partition coefficient (Wildman–Crippen LogP) is 1.15. The molecule has 0 radical (unpaired) electrons. The lowest BCUT2D eigenvalue weighted by Gasteiger charge is -2.21. The van der Waals surface area contributed by atoms with Crippen molar-refractivity contribution in [3.8, 4) is 5.75 Å². The van der Waals surface area contributed by atoms with Crippen molar-refractivity contribution in [2.45, 2.75) is 19.4 Å². The highest BCUT2D eigenvalue weighted by Gasteiger charge is 2.20. The molecule has 1 aromatic rings. The summed E-state index contributed by atoms with van der Waals surface area (Å²) >= 11 is 0. The lowest BCUT2D eigenvalue weighted by Crippen LogP contribution is -2.37. The van der Waals surface area contributed by atoms with Crippen LogP contribution in [0, 0.1) is 10.1 Å². The highest BCUT2D eigenvalue weighted by atomic mass is 16.6. The molecule has 106 valence electrons. The minimum absolute atomic E-state index is 0.110. The number of anilines is 1. The van der Waals surface area contributed by atoms with Gasteiger partial charge in [0.1, 0.15) is 5.60 Å². The molecule has 1 atom stereocenters. The zero-order valence-corrected chi connectivity index (χ0v) is 10.9. The average Bonchev–Trinajstić information content (AvgIpc) is 2.37. The number of nitrogens with zero attached hydrogens (tertiary/aromatic N) is 1. The Morgan fingerprint density at radius 3 is 2.74 bits per heavy atom. The Hall–Kier alpha value is -1.86. The molecule has 0 saturated heterocycles. The number of aliphatic hydroxyl groups is 2. The van der Waals surface area contributed by atoms with Gasteiger partial charge in [-0.1, -0.05) is 0 Å². The number of nitro benzene ring substituents is 1. The predicted molar refractivity (Wildman–Crippen MR) is 70.5 cm³/mol. The summed E-state index contributed by atoms with van der Waals surface area (Å²) in [5.74, 6) is 0.168. The minimum atomic E-state index is -1.26. The Labute approximate surface area is 111 Å². The van der Waals surface area contributed by atoms with Gasteiger partial charge in [-0.25, -0.2) is 0 Å². The Kier molecular flexibility index (Phi) is 5.08. The van der Waals surface area contributed by atoms with Gasteiger partial charge in [-0.15, -0.1) is 0 Å². The zero-order chi connectivity index (χ0) is 14.5. The molecule has 0 aromatic heterocycles. The van der Waals surface area contributed by atoms with Crippen LogP contribution in [0.3, 0.4) is 0 Å². The van der Waals surface area contributed by atoms with E-state index in [1.807, 2.05) is 0 Å². The Balaban J connectivity index is 2.86. The topological polar surface area (TPSA) is 105 Å². The van der Waals surface area contributed by atoms with E-state index in [2.05, 4.69) is 5.32 Å². The molecule has 0 aliphatic heterocycles. The molecule has 7 heteroatoms. The van der Waals surface area contributed by atoms with Crippen molar-refractivity contribution in [1.29, 1.82) is 0 Å². The van der Waals surface area contributed by atoms with E-state index in [0.717, 1.165) is 0 Å². The molecular weight excluding hydrogens is 252 g/mol. The molecule has 19 heavy (non-hydrogen) atoms. The maximum absolute atomic E-state index is 10.8. The molecule has 0 aliphatic carbocycles. The summed E-state index contributed by atoms with van der Waals surface area (Å²) in [6.07, 6.45) is 0. The molecule has 1 rings (SSSR count). The number of hydrogen-bond donors (Lipinski definition) is 3. The van der Waals surface area contributed by atoms with Crippen LogP contribution in [-0.2, 0) is 0 Å². The summed E-state index contributed by atoms with van der Waals surface area (Å²) in [4.78, 5) is 10.3. The van der Waals surface area contributed by atoms with Crippen molar-refractivity contribution < 1.29 is 19.9 Å². The first kappa shape index (κ1) is 15.2. The summed E-state index contributed by atoms with van der Waals surface area (Å²) in [5, 5.41) is 32.3. The lowest BCUT2D eigenvalue weighted by molar-refractivity contribution is -0.385. The minimum Gasteiger partial charge on any atom is -0.487 e. The second kappa shape index (κ2) is 6.35. The number of rotatable bonds is 7. The van der Waals surface area contributed by atoms with Gasteiger partial charge in [-0.05, 0) is 19.9 Å². The fraction of sp³-hybridized carbons (Fsp3) is 0.500. The second-order valence-electron chi connectivity index (χ2n) is 4.38. The maximum atomic E-state index is 10.8. The highest BCUT2D eigenvalue weighted by molar-refractivity contribution is 5.58. The monoisotopic (exact) mass is 270 g/mol. The first-order chi connectivity index (χ1) is 8.89. The summed E-state index contributed by atoms with van der Waals surface area (Å²) in [5.41, 5.74) is -0.794. The van der Waals surface area contributed by atoms with E-state index in [9.17, 15) is 15.2 Å². The molecule has 3 N–H and O–H groups in total. The van der Waals surface area contributed by atoms with Gasteiger partial charge in [0.25, 0.3) is 0 Å². The van der Waals surface area contributed by atoms with Crippen LogP contribution in [0.1, 0.15) is 13.8 Å². The van der Waals surface area contributed by atoms with Gasteiger partial charge in [0, 0.05) is 24.4 Å². The van der Waals surface area contributed by atoms with Crippen molar-refractivity contribution in [2.24, 2.45) is 0 Å². The molecule has 0 fully saturated rings. The molecular formula is C12H18N2O5. The third-order valence-corrected chi connectivity index (χ3v) is 2.47. The van der Waals surface area contributed by atoms with Gasteiger partial charge in [0.15, 0.2) is 5.75 Å². The van der Waals surface area contributed by atoms with Crippen molar-refractivity contribution >= 4 is 11.4 Å². The highest BCUT2D eigenvalue weighted by Crippen LogP contribution is 2.30. The lowest BCUT2D eigenvalue weighted by atomic mass is 10.1. The quantitative estimate of drug-likeness (QED) is 0.507. The van der Waals surface area contributed by atoms with Crippen molar-refractivity contribution in [2.75, 3.05) is 25.1 Å². The molecule has 0 bridgehead atoms. The summed E-state index contributed by atoms with van der Waals surface area (Å²) in [6, 6.07) is 4.35. The fourth-order valence-corrected chi connectivity index (χ4v) is 1.39. The van der Waals surface area contributed by atoms with Crippen LogP contribution in [0.15, 0.2) is 18.2 Å². The normalized spacial score (nSPS) is 13.7. The molecule has 7 nitrogen and oxygen atoms in total. The van der Waals surface area contributed by atoms with Crippen molar-refractivity contribution in [3.05, 3.63) is 28.3 Å². The number of ether oxygens (including phenoxy) is 1. The fourth-order valence-electron chi connectivity index (χ4n) is 1.39. The van der Waals surface area contributed by atoms with Crippen LogP contribution in [0.5, 0.6) is 5.75 Å². The van der Waals surface area contributed by atoms with Crippen molar-refractivity contribution in [3.63, 3.8) is 0 Å². The summed E-state index contributed by atoms with van der Waals surface area (Å²) < 4.78 is 5.20. The van der Waals surface area contributed by atoms with Crippen LogP contribution in [-0.4, -0.2) is 40.5 Å². The number of benzene rings is 1. The number of aliphatic hydroxyl groups excluding tert-OH is 1. The van der Waals surface area contributed by atoms with E-state index < -0.39 is 10.5 Å². The van der Waals surface area contributed by atoms with E-state index in [1.54, 1.807) is 6.92 Å². The largest absolute Gasteiger partial charge is 0.487 e. The maximum Gasteiger partial charge on any atom is 0.311 e. The molecule has 1 unspecified atom stereocenters. The van der Waals surface area contributed by atoms with Crippen LogP contribution in [0.4, 0.5) is 11.4 Å². The third kappa shape index (κ3) is 4.38. The molecule has 0 heterocycles. The van der Waals surface area contributed by atoms with Gasteiger partial charge in [-0.2, -0.15) is 0 Å². The van der Waals surface area contributed by atoms with Crippen LogP contribution in [0.25, 0.3) is 0 Å². The smallest absolute Gasteiger partial charge is 0.311 e. The Morgan fingerprint density at radius 1 is 1.53 bits per heavy atom. The Bertz CT molecular complexity index is 448. The number of hydrogen-bond acceptors (Lipinski definition) is 6. The number of nitro groups is 1. The molecule has 0 amide bonds. The van der Waals surface area contributed by atoms with E-state index in [-0.39, 0.29) is 24.6 Å². The molecule has 0 aliphatic rings. The van der Waals surface area contributed by atoms with Gasteiger partial charge >= 0.3 is 5.69 Å². The van der Waals surface area contributed by atoms with Gasteiger partial charge in [0.2, 0.25) is 0 Å². The van der Waals surface area contributed by atoms with E-state index in [4.69, 9.17) is 9.84 Å². The van der Waals surface area contributed by atoms with Gasteiger partial charge in [0.05, 0.1) is 18.1 Å². The van der Waals surface area contributed by atoms with E-state index in [1.165, 1.54) is 25.1 Å². The molecule has 1 aromatic carbocycles. The summed E-state index contributed by atoms with van der Waals surface area (Å²) in [6.45, 7) is 3.27. The summed E-state index contributed by atoms with van der Waals surface area (Å²) in [7, 11) is 0. The third-order valence-electron chi connectivity index (χ3n) is 2.47. The SMILES string of the molecule is CCOc1cc(NCC(C)(O)CO)ccc1[N+](=O)[O-]. The van der Waals surface area contributed by atoms with Gasteiger partial charge in [-0.3, -0.25) is 10.1 Å². The van der Waals surface area contributed by atoms with Crippen LogP contribution >= 0.6 is 0 Å². The standard InChI is InChI=1S/C12H18N2O5/c1-3-19-11-6-9(4-5-10(11)14(17)18)13-7-12(2,16)8-15/h4-6,13,15-16H,3,7-8H2,1-2H3. The van der Waals surface area contributed by atoms with Crippen LogP contribution in [0.2, 0.25) is 0 Å². The molecule has 0 saturated carbocycles. The zero-order valence-electron chi connectivity index (χ0n) is 10.9. The van der Waals surface area contributed by atoms with E-state index >= 15 is 0 Å². The van der Waals surface area contributed by atoms with Gasteiger partial charge < -0.3 is 20.3 Å². The average molecular weight is 270 g/mol. The first-order valence-corrected chi connectivity index (χ1v) is 5.88. The van der Waals surface area contributed by atoms with E-state index in [0.29, 0.717) is 12.3 Å².